The molecule has 1 aliphatic rings. The van der Waals surface area contributed by atoms with Crippen LogP contribution in [-0.2, 0) is 4.74 Å². The monoisotopic (exact) mass is 365 g/mol. The minimum absolute atomic E-state index is 0.00726. The molecule has 9 nitrogen and oxygen atoms in total. The second-order valence-corrected chi connectivity index (χ2v) is 6.59. The maximum absolute atomic E-state index is 12.1. The minimum Gasteiger partial charge on any atom is -0.444 e. The summed E-state index contributed by atoms with van der Waals surface area (Å²) < 4.78 is 5.58. The van der Waals surface area contributed by atoms with Crippen molar-refractivity contribution in [1.29, 1.82) is 5.26 Å². The first-order chi connectivity index (χ1) is 13.2. The van der Waals surface area contributed by atoms with E-state index in [1.165, 1.54) is 4.90 Å². The Morgan fingerprint density at radius 3 is 3.22 bits per heavy atom. The first kappa shape index (κ1) is 17.0. The number of H-pyrrole nitrogens is 1. The molecule has 0 spiro atoms. The Kier molecular flexibility index (Phi) is 4.46. The third-order valence-electron chi connectivity index (χ3n) is 4.77. The summed E-state index contributed by atoms with van der Waals surface area (Å²) >= 11 is 0. The van der Waals surface area contributed by atoms with Crippen LogP contribution in [0, 0.1) is 11.3 Å². The Balaban J connectivity index is 1.61. The molecule has 0 bridgehead atoms. The number of hydrogen-bond acceptors (Lipinski definition) is 7. The van der Waals surface area contributed by atoms with Crippen LogP contribution < -0.4 is 4.90 Å². The molecule has 27 heavy (non-hydrogen) atoms. The zero-order valence-corrected chi connectivity index (χ0v) is 14.9. The third kappa shape index (κ3) is 3.21. The van der Waals surface area contributed by atoms with Crippen LogP contribution in [0.15, 0.2) is 24.7 Å². The summed E-state index contributed by atoms with van der Waals surface area (Å²) in [5.41, 5.74) is 2.50. The van der Waals surface area contributed by atoms with Crippen LogP contribution in [-0.4, -0.2) is 63.9 Å². The molecule has 9 heteroatoms. The second-order valence-electron chi connectivity index (χ2n) is 6.59. The Morgan fingerprint density at radius 1 is 1.48 bits per heavy atom. The van der Waals surface area contributed by atoms with Gasteiger partial charge in [-0.15, -0.1) is 0 Å². The van der Waals surface area contributed by atoms with Gasteiger partial charge in [-0.1, -0.05) is 0 Å². The van der Waals surface area contributed by atoms with Crippen molar-refractivity contribution in [2.24, 2.45) is 0 Å². The maximum Gasteiger partial charge on any atom is 0.410 e. The maximum atomic E-state index is 12.1. The fraction of sp³-hybridized carbons (Fsp3) is 0.389. The number of carbonyl (C=O) groups excluding carboxylic acids is 1. The average Bonchev–Trinajstić information content (AvgIpc) is 3.17. The minimum atomic E-state index is -0.473. The summed E-state index contributed by atoms with van der Waals surface area (Å²) in [6, 6.07) is 3.89. The van der Waals surface area contributed by atoms with Crippen molar-refractivity contribution >= 4 is 33.7 Å². The van der Waals surface area contributed by atoms with E-state index < -0.39 is 6.09 Å². The van der Waals surface area contributed by atoms with Gasteiger partial charge in [-0.05, 0) is 18.9 Å². The number of hydrogen-bond donors (Lipinski definition) is 1. The lowest BCUT2D eigenvalue weighted by Crippen LogP contribution is -2.42. The van der Waals surface area contributed by atoms with Gasteiger partial charge in [-0.2, -0.15) is 10.4 Å². The lowest BCUT2D eigenvalue weighted by atomic mass is 10.1. The summed E-state index contributed by atoms with van der Waals surface area (Å²) in [7, 11) is 1.56. The van der Waals surface area contributed by atoms with Crippen molar-refractivity contribution in [2.45, 2.75) is 18.9 Å². The summed E-state index contributed by atoms with van der Waals surface area (Å²) in [5, 5.41) is 17.9. The first-order valence-corrected chi connectivity index (χ1v) is 8.78. The molecule has 3 aromatic heterocycles. The second kappa shape index (κ2) is 7.07. The van der Waals surface area contributed by atoms with Gasteiger partial charge in [0.05, 0.1) is 36.2 Å². The molecule has 1 atom stereocenters. The van der Waals surface area contributed by atoms with Crippen molar-refractivity contribution in [3.63, 3.8) is 0 Å². The van der Waals surface area contributed by atoms with E-state index in [2.05, 4.69) is 25.1 Å². The van der Waals surface area contributed by atoms with E-state index in [1.807, 2.05) is 12.1 Å². The molecule has 0 aliphatic carbocycles. The first-order valence-electron chi connectivity index (χ1n) is 8.78. The number of aromatic nitrogens is 4. The van der Waals surface area contributed by atoms with Crippen LogP contribution in [0.4, 0.5) is 10.5 Å². The quantitative estimate of drug-likeness (QED) is 0.707. The number of ether oxygens (including phenoxy) is 1. The average molecular weight is 365 g/mol. The summed E-state index contributed by atoms with van der Waals surface area (Å²) in [5.74, 6) is 0. The molecule has 3 aromatic rings. The number of nitrogens with one attached hydrogen (secondary N) is 1. The number of fused-ring (bicyclic) bond motifs is 3. The predicted octanol–water partition coefficient (Wildman–Crippen LogP) is 2.07. The molecule has 1 N–H and O–H groups in total. The van der Waals surface area contributed by atoms with E-state index >= 15 is 0 Å². The highest BCUT2D eigenvalue weighted by Crippen LogP contribution is 2.32. The normalized spacial score (nSPS) is 17.0. The molecule has 1 aliphatic heterocycles. The molecule has 1 saturated heterocycles. The lowest BCUT2D eigenvalue weighted by molar-refractivity contribution is 0.0647. The third-order valence-corrected chi connectivity index (χ3v) is 4.77. The number of piperidine rings is 1. The molecule has 1 unspecified atom stereocenters. The molecule has 0 aromatic carbocycles. The number of nitriles is 1. The molecule has 0 radical (unpaired) electrons. The van der Waals surface area contributed by atoms with E-state index in [4.69, 9.17) is 10.00 Å². The van der Waals surface area contributed by atoms with Crippen LogP contribution in [0.3, 0.4) is 0 Å². The summed E-state index contributed by atoms with van der Waals surface area (Å²) in [6.07, 6.45) is 6.25. The van der Waals surface area contributed by atoms with Gasteiger partial charge in [0.25, 0.3) is 0 Å². The van der Waals surface area contributed by atoms with Gasteiger partial charge in [-0.25, -0.2) is 14.8 Å². The topological polar surface area (TPSA) is 111 Å². The van der Waals surface area contributed by atoms with Gasteiger partial charge in [-0.3, -0.25) is 10.00 Å². The van der Waals surface area contributed by atoms with E-state index in [1.54, 1.807) is 25.6 Å². The standard InChI is InChI=1S/C18H19N7O2/c1-24(8-5-19)18(26)27-12-3-2-7-25(11-12)15-10-22-23-14-9-21-17-13(16(14)15)4-6-20-17/h4,6,9-10,12,23H,2-3,7-8,11H2,1H3. The largest absolute Gasteiger partial charge is 0.444 e. The number of anilines is 1. The van der Waals surface area contributed by atoms with Gasteiger partial charge in [0.1, 0.15) is 12.6 Å². The van der Waals surface area contributed by atoms with E-state index in [9.17, 15) is 4.79 Å². The fourth-order valence-corrected chi connectivity index (χ4v) is 3.44. The molecule has 1 fully saturated rings. The van der Waals surface area contributed by atoms with Gasteiger partial charge in [0, 0.05) is 30.6 Å². The van der Waals surface area contributed by atoms with Crippen LogP contribution in [0.1, 0.15) is 12.8 Å². The van der Waals surface area contributed by atoms with Crippen molar-refractivity contribution in [3.05, 3.63) is 24.7 Å². The number of aromatic amines is 1. The number of carbonyl (C=O) groups is 1. The highest BCUT2D eigenvalue weighted by molar-refractivity contribution is 6.09. The van der Waals surface area contributed by atoms with E-state index in [-0.39, 0.29) is 12.6 Å². The zero-order chi connectivity index (χ0) is 18.8. The van der Waals surface area contributed by atoms with Crippen molar-refractivity contribution in [2.75, 3.05) is 31.6 Å². The Morgan fingerprint density at radius 2 is 2.37 bits per heavy atom. The smallest absolute Gasteiger partial charge is 0.410 e. The molecule has 1 amide bonds. The summed E-state index contributed by atoms with van der Waals surface area (Å²) in [6.45, 7) is 1.43. The highest BCUT2D eigenvalue weighted by atomic mass is 16.6. The van der Waals surface area contributed by atoms with Crippen molar-refractivity contribution in [3.8, 4) is 6.07 Å². The number of rotatable bonds is 3. The molecule has 0 saturated carbocycles. The van der Waals surface area contributed by atoms with Gasteiger partial charge < -0.3 is 9.64 Å². The van der Waals surface area contributed by atoms with Crippen molar-refractivity contribution in [1.82, 2.24) is 25.1 Å². The molecular weight excluding hydrogens is 346 g/mol. The van der Waals surface area contributed by atoms with Crippen LogP contribution in [0.25, 0.3) is 21.9 Å². The molecule has 4 rings (SSSR count). The number of amides is 1. The lowest BCUT2D eigenvalue weighted by Gasteiger charge is -2.34. The van der Waals surface area contributed by atoms with Crippen LogP contribution >= 0.6 is 0 Å². The molecule has 4 heterocycles. The van der Waals surface area contributed by atoms with Crippen LogP contribution in [0.2, 0.25) is 0 Å². The predicted molar refractivity (Wildman–Crippen MR) is 99.1 cm³/mol. The van der Waals surface area contributed by atoms with E-state index in [0.29, 0.717) is 12.2 Å². The van der Waals surface area contributed by atoms with Gasteiger partial charge in [0.2, 0.25) is 0 Å². The molecular formula is C18H19N7O2. The highest BCUT2D eigenvalue weighted by Gasteiger charge is 2.26. The zero-order valence-electron chi connectivity index (χ0n) is 14.9. The van der Waals surface area contributed by atoms with Crippen LogP contribution in [0.5, 0.6) is 0 Å². The Bertz CT molecular complexity index is 1030. The fourth-order valence-electron chi connectivity index (χ4n) is 3.44. The van der Waals surface area contributed by atoms with Gasteiger partial charge in [0.15, 0.2) is 5.65 Å². The molecule has 138 valence electrons. The van der Waals surface area contributed by atoms with Gasteiger partial charge >= 0.3 is 6.09 Å². The number of nitrogens with zero attached hydrogens (tertiary/aromatic N) is 6. The van der Waals surface area contributed by atoms with E-state index in [0.717, 1.165) is 41.4 Å². The number of pyridine rings is 1. The Hall–Kier alpha value is -3.41. The SMILES string of the molecule is CN(CC#N)C(=O)OC1CCCN(c2cn[nH]c3cnc4nccc4c23)C1. The van der Waals surface area contributed by atoms with Crippen molar-refractivity contribution < 1.29 is 9.53 Å². The Labute approximate surface area is 155 Å². The summed E-state index contributed by atoms with van der Waals surface area (Å²) in [4.78, 5) is 24.2.